The standard InChI is InChI=1S/C36H47N5O7S/c1-24-17-19-27(20-18-24)49(46,47)40(4)22-32-25(2)21-41(26(3)23-42)36(45)28-11-10-14-31(35(28)48-32)39-34(44)16-7-5-6-15-33(43)38-30-13-9-8-12-29(30)37/h8-14,17-20,25-26,32,42H,5-7,15-16,21-23,37H2,1-4H3,(H,38,43)(H,39,44)/t25-,26+,32-/m1/s1. The Balaban J connectivity index is 1.46. The molecule has 0 saturated heterocycles. The van der Waals surface area contributed by atoms with Crippen LogP contribution in [0.4, 0.5) is 17.1 Å². The number of aryl methyl sites for hydroxylation is 1. The molecule has 13 heteroatoms. The van der Waals surface area contributed by atoms with Gasteiger partial charge < -0.3 is 31.1 Å². The van der Waals surface area contributed by atoms with Gasteiger partial charge in [0.15, 0.2) is 5.75 Å². The summed E-state index contributed by atoms with van der Waals surface area (Å²) < 4.78 is 34.7. The normalized spacial score (nSPS) is 17.0. The lowest BCUT2D eigenvalue weighted by Crippen LogP contribution is -2.50. The molecular formula is C36H47N5O7S. The number of anilines is 3. The van der Waals surface area contributed by atoms with Crippen LogP contribution in [-0.4, -0.2) is 79.3 Å². The van der Waals surface area contributed by atoms with Crippen LogP contribution in [0, 0.1) is 12.8 Å². The molecule has 1 heterocycles. The molecule has 3 amide bonds. The molecule has 3 aromatic rings. The maximum atomic E-state index is 13.8. The van der Waals surface area contributed by atoms with E-state index in [0.29, 0.717) is 30.6 Å². The van der Waals surface area contributed by atoms with Crippen LogP contribution in [0.2, 0.25) is 0 Å². The van der Waals surface area contributed by atoms with Crippen LogP contribution in [0.3, 0.4) is 0 Å². The van der Waals surface area contributed by atoms with E-state index in [1.54, 1.807) is 78.6 Å². The lowest BCUT2D eigenvalue weighted by molar-refractivity contribution is -0.116. The van der Waals surface area contributed by atoms with Crippen molar-refractivity contribution in [3.8, 4) is 5.75 Å². The highest BCUT2D eigenvalue weighted by Gasteiger charge is 2.36. The van der Waals surface area contributed by atoms with E-state index in [-0.39, 0.29) is 78.1 Å². The molecular weight excluding hydrogens is 646 g/mol. The number of nitrogens with zero attached hydrogens (tertiary/aromatic N) is 2. The number of nitrogen functional groups attached to an aromatic ring is 1. The summed E-state index contributed by atoms with van der Waals surface area (Å²) in [5, 5.41) is 15.6. The minimum atomic E-state index is -3.86. The van der Waals surface area contributed by atoms with Crippen molar-refractivity contribution in [3.63, 3.8) is 0 Å². The maximum absolute atomic E-state index is 13.8. The van der Waals surface area contributed by atoms with Crippen molar-refractivity contribution in [2.24, 2.45) is 5.92 Å². The Bertz CT molecular complexity index is 1730. The molecule has 49 heavy (non-hydrogen) atoms. The summed E-state index contributed by atoms with van der Waals surface area (Å²) in [6.07, 6.45) is 1.51. The number of fused-ring (bicyclic) bond motifs is 1. The lowest BCUT2D eigenvalue weighted by Gasteiger charge is -2.38. The predicted octanol–water partition coefficient (Wildman–Crippen LogP) is 4.65. The van der Waals surface area contributed by atoms with Gasteiger partial charge in [0, 0.05) is 32.4 Å². The number of sulfonamides is 1. The van der Waals surface area contributed by atoms with Crippen LogP contribution in [0.25, 0.3) is 0 Å². The molecule has 0 aromatic heterocycles. The van der Waals surface area contributed by atoms with Gasteiger partial charge in [-0.05, 0) is 63.1 Å². The van der Waals surface area contributed by atoms with Gasteiger partial charge in [-0.25, -0.2) is 8.42 Å². The highest BCUT2D eigenvalue weighted by Crippen LogP contribution is 2.35. The maximum Gasteiger partial charge on any atom is 0.258 e. The Kier molecular flexibility index (Phi) is 12.8. The first-order valence-corrected chi connectivity index (χ1v) is 17.9. The van der Waals surface area contributed by atoms with E-state index >= 15 is 0 Å². The van der Waals surface area contributed by atoms with Gasteiger partial charge in [-0.3, -0.25) is 14.4 Å². The number of carbonyl (C=O) groups is 3. The van der Waals surface area contributed by atoms with E-state index in [4.69, 9.17) is 10.5 Å². The molecule has 1 aliphatic rings. The number of para-hydroxylation sites is 3. The monoisotopic (exact) mass is 693 g/mol. The zero-order valence-electron chi connectivity index (χ0n) is 28.5. The molecule has 264 valence electrons. The molecule has 0 radical (unpaired) electrons. The second kappa shape index (κ2) is 16.8. The highest BCUT2D eigenvalue weighted by molar-refractivity contribution is 7.89. The SMILES string of the molecule is Cc1ccc(S(=O)(=O)N(C)C[C@H]2Oc3c(NC(=O)CCCCCC(=O)Nc4ccccc4N)cccc3C(=O)N([C@@H](C)CO)C[C@H]2C)cc1. The quantitative estimate of drug-likeness (QED) is 0.140. The number of nitrogens with one attached hydrogen (secondary N) is 2. The fraction of sp³-hybridized carbons (Fsp3) is 0.417. The zero-order valence-corrected chi connectivity index (χ0v) is 29.3. The van der Waals surface area contributed by atoms with Crippen molar-refractivity contribution >= 4 is 44.8 Å². The third kappa shape index (κ3) is 9.58. The van der Waals surface area contributed by atoms with Gasteiger partial charge in [0.05, 0.1) is 46.7 Å². The summed E-state index contributed by atoms with van der Waals surface area (Å²) in [4.78, 5) is 40.9. The Morgan fingerprint density at radius 3 is 2.22 bits per heavy atom. The smallest absolute Gasteiger partial charge is 0.258 e. The van der Waals surface area contributed by atoms with Crippen LogP contribution in [0.1, 0.15) is 61.9 Å². The third-order valence-electron chi connectivity index (χ3n) is 8.67. The van der Waals surface area contributed by atoms with Crippen molar-refractivity contribution in [1.29, 1.82) is 0 Å². The molecule has 0 fully saturated rings. The topological polar surface area (TPSA) is 171 Å². The zero-order chi connectivity index (χ0) is 35.7. The van der Waals surface area contributed by atoms with Crippen molar-refractivity contribution in [1.82, 2.24) is 9.21 Å². The van der Waals surface area contributed by atoms with E-state index in [1.807, 2.05) is 13.8 Å². The second-order valence-electron chi connectivity index (χ2n) is 12.6. The molecule has 0 unspecified atom stereocenters. The van der Waals surface area contributed by atoms with E-state index in [9.17, 15) is 27.9 Å². The Morgan fingerprint density at radius 2 is 1.59 bits per heavy atom. The number of rotatable bonds is 14. The molecule has 3 atom stereocenters. The number of hydrogen-bond acceptors (Lipinski definition) is 8. The van der Waals surface area contributed by atoms with Crippen LogP contribution in [-0.2, 0) is 19.6 Å². The summed E-state index contributed by atoms with van der Waals surface area (Å²) in [5.41, 5.74) is 8.36. The first-order chi connectivity index (χ1) is 23.3. The number of hydrogen-bond donors (Lipinski definition) is 4. The summed E-state index contributed by atoms with van der Waals surface area (Å²) in [5.74, 6) is -1.02. The molecule has 12 nitrogen and oxygen atoms in total. The van der Waals surface area contributed by atoms with Gasteiger partial charge in [-0.2, -0.15) is 4.31 Å². The fourth-order valence-electron chi connectivity index (χ4n) is 5.59. The largest absolute Gasteiger partial charge is 0.486 e. The van der Waals surface area contributed by atoms with E-state index in [0.717, 1.165) is 5.56 Å². The van der Waals surface area contributed by atoms with E-state index < -0.39 is 22.2 Å². The second-order valence-corrected chi connectivity index (χ2v) is 14.7. The molecule has 1 aliphatic heterocycles. The summed E-state index contributed by atoms with van der Waals surface area (Å²) >= 11 is 0. The van der Waals surface area contributed by atoms with Gasteiger partial charge in [-0.1, -0.05) is 49.2 Å². The van der Waals surface area contributed by atoms with E-state index in [1.165, 1.54) is 11.4 Å². The number of ether oxygens (including phenoxy) is 1. The van der Waals surface area contributed by atoms with Crippen molar-refractivity contribution in [2.45, 2.75) is 69.9 Å². The number of likely N-dealkylation sites (N-methyl/N-ethyl adjacent to an activating group) is 1. The molecule has 4 rings (SSSR count). The third-order valence-corrected chi connectivity index (χ3v) is 10.5. The molecule has 0 spiro atoms. The molecule has 0 bridgehead atoms. The van der Waals surface area contributed by atoms with Gasteiger partial charge in [0.2, 0.25) is 21.8 Å². The first-order valence-electron chi connectivity index (χ1n) is 16.5. The van der Waals surface area contributed by atoms with E-state index in [2.05, 4.69) is 10.6 Å². The minimum Gasteiger partial charge on any atom is -0.486 e. The van der Waals surface area contributed by atoms with Crippen LogP contribution in [0.5, 0.6) is 5.75 Å². The highest BCUT2D eigenvalue weighted by atomic mass is 32.2. The van der Waals surface area contributed by atoms with Gasteiger partial charge in [-0.15, -0.1) is 0 Å². The number of amides is 3. The number of benzene rings is 3. The predicted molar refractivity (Wildman–Crippen MR) is 190 cm³/mol. The first kappa shape index (κ1) is 37.4. The van der Waals surface area contributed by atoms with Crippen LogP contribution in [0.15, 0.2) is 71.6 Å². The number of unbranched alkanes of at least 4 members (excludes halogenated alkanes) is 2. The summed E-state index contributed by atoms with van der Waals surface area (Å²) in [7, 11) is -2.37. The molecule has 0 saturated carbocycles. The Hall–Kier alpha value is -4.46. The summed E-state index contributed by atoms with van der Waals surface area (Å²) in [6.45, 7) is 5.41. The van der Waals surface area contributed by atoms with Crippen LogP contribution >= 0.6 is 0 Å². The average Bonchev–Trinajstić information content (AvgIpc) is 3.07. The minimum absolute atomic E-state index is 0.0287. The summed E-state index contributed by atoms with van der Waals surface area (Å²) in [6, 6.07) is 18.0. The van der Waals surface area contributed by atoms with Crippen molar-refractivity contribution < 1.29 is 32.6 Å². The number of nitrogens with two attached hydrogens (primary N) is 1. The molecule has 3 aromatic carbocycles. The molecule has 0 aliphatic carbocycles. The van der Waals surface area contributed by atoms with Crippen molar-refractivity contribution in [3.05, 3.63) is 77.9 Å². The Morgan fingerprint density at radius 1 is 0.980 bits per heavy atom. The molecule has 5 N–H and O–H groups in total. The van der Waals surface area contributed by atoms with Crippen LogP contribution < -0.4 is 21.1 Å². The van der Waals surface area contributed by atoms with Gasteiger partial charge in [0.1, 0.15) is 6.10 Å². The number of carbonyl (C=O) groups excluding carboxylic acids is 3. The van der Waals surface area contributed by atoms with Gasteiger partial charge >= 0.3 is 0 Å². The average molecular weight is 694 g/mol. The van der Waals surface area contributed by atoms with Crippen molar-refractivity contribution in [2.75, 3.05) is 43.1 Å². The van der Waals surface area contributed by atoms with Gasteiger partial charge in [0.25, 0.3) is 5.91 Å². The fourth-order valence-corrected chi connectivity index (χ4v) is 6.77. The lowest BCUT2D eigenvalue weighted by atomic mass is 9.99. The Labute approximate surface area is 288 Å². The number of aliphatic hydroxyl groups is 1. The number of aliphatic hydroxyl groups excluding tert-OH is 1.